The normalized spacial score (nSPS) is 17.6. The molecule has 0 saturated carbocycles. The van der Waals surface area contributed by atoms with Crippen molar-refractivity contribution in [3.8, 4) is 0 Å². The molecule has 8 heteroatoms. The Labute approximate surface area is 148 Å². The van der Waals surface area contributed by atoms with Crippen LogP contribution in [0.15, 0.2) is 34.0 Å². The second-order valence-electron chi connectivity index (χ2n) is 6.67. The van der Waals surface area contributed by atoms with Gasteiger partial charge in [0.1, 0.15) is 11.4 Å². The molecule has 1 amide bonds. The molecule has 8 nitrogen and oxygen atoms in total. The quantitative estimate of drug-likeness (QED) is 0.643. The summed E-state index contributed by atoms with van der Waals surface area (Å²) in [6.07, 6.45) is 2.93. The molecule has 2 aromatic heterocycles. The van der Waals surface area contributed by atoms with Gasteiger partial charge in [-0.3, -0.25) is 14.6 Å². The van der Waals surface area contributed by atoms with E-state index in [2.05, 4.69) is 15.0 Å². The Hall–Kier alpha value is -3.16. The first-order chi connectivity index (χ1) is 12.5. The van der Waals surface area contributed by atoms with Crippen molar-refractivity contribution in [2.45, 2.75) is 25.7 Å². The third-order valence-corrected chi connectivity index (χ3v) is 4.88. The average molecular weight is 353 g/mol. The number of aromatic amines is 3. The monoisotopic (exact) mass is 353 g/mol. The van der Waals surface area contributed by atoms with Gasteiger partial charge in [0.15, 0.2) is 0 Å². The Morgan fingerprint density at radius 2 is 2.12 bits per heavy atom. The number of hydrogen-bond donors (Lipinski definition) is 3. The minimum atomic E-state index is -0.666. The summed E-state index contributed by atoms with van der Waals surface area (Å²) in [5.74, 6) is 0.572. The smallest absolute Gasteiger partial charge is 0.325 e. The molecule has 0 aliphatic carbocycles. The molecule has 1 aliphatic heterocycles. The first-order valence-corrected chi connectivity index (χ1v) is 8.59. The van der Waals surface area contributed by atoms with Crippen LogP contribution < -0.4 is 11.2 Å². The van der Waals surface area contributed by atoms with Gasteiger partial charge in [0.2, 0.25) is 0 Å². The third kappa shape index (κ3) is 2.83. The second-order valence-corrected chi connectivity index (χ2v) is 6.67. The molecule has 134 valence electrons. The van der Waals surface area contributed by atoms with Crippen LogP contribution in [0.3, 0.4) is 0 Å². The molecule has 0 bridgehead atoms. The van der Waals surface area contributed by atoms with Gasteiger partial charge < -0.3 is 14.9 Å². The Morgan fingerprint density at radius 1 is 1.27 bits per heavy atom. The minimum absolute atomic E-state index is 0.0503. The van der Waals surface area contributed by atoms with E-state index >= 15 is 0 Å². The summed E-state index contributed by atoms with van der Waals surface area (Å²) < 4.78 is 0. The number of para-hydroxylation sites is 1. The van der Waals surface area contributed by atoms with Crippen LogP contribution in [0.1, 0.15) is 40.5 Å². The number of imidazole rings is 1. The van der Waals surface area contributed by atoms with Crippen LogP contribution in [0.5, 0.6) is 0 Å². The van der Waals surface area contributed by atoms with Gasteiger partial charge in [-0.05, 0) is 31.4 Å². The predicted molar refractivity (Wildman–Crippen MR) is 96.4 cm³/mol. The van der Waals surface area contributed by atoms with E-state index in [4.69, 9.17) is 4.98 Å². The van der Waals surface area contributed by atoms with E-state index in [0.717, 1.165) is 35.3 Å². The molecule has 4 rings (SSSR count). The van der Waals surface area contributed by atoms with Crippen LogP contribution in [0.2, 0.25) is 0 Å². The fourth-order valence-electron chi connectivity index (χ4n) is 3.51. The molecule has 1 saturated heterocycles. The van der Waals surface area contributed by atoms with E-state index < -0.39 is 11.2 Å². The topological polar surface area (TPSA) is 115 Å². The van der Waals surface area contributed by atoms with Crippen LogP contribution >= 0.6 is 0 Å². The van der Waals surface area contributed by atoms with Crippen molar-refractivity contribution in [1.29, 1.82) is 0 Å². The zero-order valence-electron chi connectivity index (χ0n) is 14.3. The Bertz CT molecular complexity index is 1090. The van der Waals surface area contributed by atoms with Crippen molar-refractivity contribution in [2.24, 2.45) is 0 Å². The number of amides is 1. The standard InChI is InChI=1S/C18H19N5O3/c1-10-4-2-6-13-14(10)21-15(20-13)11-5-3-7-23(9-11)17(25)12-8-19-18(26)22-16(12)24/h2,4,6,8,11H,3,5,7,9H2,1H3,(H,20,21)(H2,19,22,24,26)/t11-/m1/s1. The number of nitrogens with zero attached hydrogens (tertiary/aromatic N) is 2. The molecule has 26 heavy (non-hydrogen) atoms. The highest BCUT2D eigenvalue weighted by Crippen LogP contribution is 2.28. The second kappa shape index (κ2) is 6.29. The van der Waals surface area contributed by atoms with Gasteiger partial charge in [-0.15, -0.1) is 0 Å². The summed E-state index contributed by atoms with van der Waals surface area (Å²) in [6, 6.07) is 6.00. The highest BCUT2D eigenvalue weighted by atomic mass is 16.2. The van der Waals surface area contributed by atoms with Gasteiger partial charge in [-0.2, -0.15) is 0 Å². The number of piperidine rings is 1. The summed E-state index contributed by atoms with van der Waals surface area (Å²) in [4.78, 5) is 49.9. The van der Waals surface area contributed by atoms with Crippen molar-refractivity contribution < 1.29 is 4.79 Å². The van der Waals surface area contributed by atoms with E-state index in [1.54, 1.807) is 4.90 Å². The average Bonchev–Trinajstić information content (AvgIpc) is 3.07. The molecule has 1 aromatic carbocycles. The molecule has 3 heterocycles. The Kier molecular flexibility index (Phi) is 3.95. The van der Waals surface area contributed by atoms with Crippen molar-refractivity contribution in [3.63, 3.8) is 0 Å². The van der Waals surface area contributed by atoms with Crippen molar-refractivity contribution in [1.82, 2.24) is 24.8 Å². The fraction of sp³-hybridized carbons (Fsp3) is 0.333. The van der Waals surface area contributed by atoms with E-state index in [1.807, 2.05) is 25.1 Å². The molecule has 0 unspecified atom stereocenters. The number of nitrogens with one attached hydrogen (secondary N) is 3. The highest BCUT2D eigenvalue weighted by Gasteiger charge is 2.28. The number of fused-ring (bicyclic) bond motifs is 1. The van der Waals surface area contributed by atoms with Gasteiger partial charge in [0.05, 0.1) is 11.0 Å². The molecule has 1 atom stereocenters. The number of H-pyrrole nitrogens is 3. The molecule has 1 fully saturated rings. The van der Waals surface area contributed by atoms with Crippen molar-refractivity contribution in [3.05, 3.63) is 62.2 Å². The molecule has 0 spiro atoms. The summed E-state index contributed by atoms with van der Waals surface area (Å²) in [5.41, 5.74) is 1.70. The summed E-state index contributed by atoms with van der Waals surface area (Å²) in [6.45, 7) is 3.08. The number of carbonyl (C=O) groups is 1. The van der Waals surface area contributed by atoms with Crippen LogP contribution in [0, 0.1) is 6.92 Å². The highest BCUT2D eigenvalue weighted by molar-refractivity contribution is 5.93. The number of hydrogen-bond acceptors (Lipinski definition) is 4. The fourth-order valence-corrected chi connectivity index (χ4v) is 3.51. The molecule has 3 N–H and O–H groups in total. The maximum Gasteiger partial charge on any atom is 0.325 e. The lowest BCUT2D eigenvalue weighted by molar-refractivity contribution is 0.0702. The summed E-state index contributed by atoms with van der Waals surface area (Å²) in [5, 5.41) is 0. The van der Waals surface area contributed by atoms with Crippen molar-refractivity contribution in [2.75, 3.05) is 13.1 Å². The zero-order chi connectivity index (χ0) is 18.3. The lowest BCUT2D eigenvalue weighted by Gasteiger charge is -2.31. The summed E-state index contributed by atoms with van der Waals surface area (Å²) >= 11 is 0. The SMILES string of the molecule is Cc1cccc2[nH]c([C@@H]3CCCN(C(=O)c4c[nH]c(=O)[nH]c4=O)C3)nc12. The number of aromatic nitrogens is 4. The maximum atomic E-state index is 12.7. The van der Waals surface area contributed by atoms with Crippen LogP contribution in [0.4, 0.5) is 0 Å². The van der Waals surface area contributed by atoms with Gasteiger partial charge in [0.25, 0.3) is 11.5 Å². The van der Waals surface area contributed by atoms with E-state index in [9.17, 15) is 14.4 Å². The molecule has 0 radical (unpaired) electrons. The number of benzene rings is 1. The van der Waals surface area contributed by atoms with Gasteiger partial charge in [0, 0.05) is 25.2 Å². The predicted octanol–water partition coefficient (Wildman–Crippen LogP) is 1.27. The first-order valence-electron chi connectivity index (χ1n) is 8.59. The zero-order valence-corrected chi connectivity index (χ0v) is 14.3. The lowest BCUT2D eigenvalue weighted by atomic mass is 9.97. The van der Waals surface area contributed by atoms with E-state index in [0.29, 0.717) is 13.1 Å². The number of carbonyl (C=O) groups excluding carboxylic acids is 1. The molecular formula is C18H19N5O3. The molecular weight excluding hydrogens is 334 g/mol. The maximum absolute atomic E-state index is 12.7. The van der Waals surface area contributed by atoms with Gasteiger partial charge in [-0.25, -0.2) is 9.78 Å². The first kappa shape index (κ1) is 16.3. The summed E-state index contributed by atoms with van der Waals surface area (Å²) in [7, 11) is 0. The van der Waals surface area contributed by atoms with Crippen LogP contribution in [0.25, 0.3) is 11.0 Å². The van der Waals surface area contributed by atoms with Gasteiger partial charge in [-0.1, -0.05) is 12.1 Å². The van der Waals surface area contributed by atoms with E-state index in [-0.39, 0.29) is 17.4 Å². The lowest BCUT2D eigenvalue weighted by Crippen LogP contribution is -2.42. The number of likely N-dealkylation sites (tertiary alicyclic amines) is 1. The molecule has 3 aromatic rings. The van der Waals surface area contributed by atoms with Crippen LogP contribution in [-0.4, -0.2) is 43.8 Å². The Morgan fingerprint density at radius 3 is 2.88 bits per heavy atom. The Balaban J connectivity index is 1.60. The number of aryl methyl sites for hydroxylation is 1. The number of rotatable bonds is 2. The molecule has 1 aliphatic rings. The van der Waals surface area contributed by atoms with Crippen LogP contribution in [-0.2, 0) is 0 Å². The van der Waals surface area contributed by atoms with Crippen molar-refractivity contribution >= 4 is 16.9 Å². The minimum Gasteiger partial charge on any atom is -0.342 e. The van der Waals surface area contributed by atoms with Gasteiger partial charge >= 0.3 is 5.69 Å². The van der Waals surface area contributed by atoms with E-state index in [1.165, 1.54) is 6.20 Å². The largest absolute Gasteiger partial charge is 0.342 e. The third-order valence-electron chi connectivity index (χ3n) is 4.88.